The second-order valence-electron chi connectivity index (χ2n) is 7.81. The van der Waals surface area contributed by atoms with Crippen molar-refractivity contribution in [3.05, 3.63) is 65.5 Å². The molecule has 6 nitrogen and oxygen atoms in total. The Bertz CT molecular complexity index is 1110. The number of halogens is 2. The van der Waals surface area contributed by atoms with Crippen molar-refractivity contribution in [2.45, 2.75) is 37.9 Å². The van der Waals surface area contributed by atoms with E-state index < -0.39 is 11.6 Å². The van der Waals surface area contributed by atoms with Crippen LogP contribution in [0.3, 0.4) is 0 Å². The molecule has 2 heterocycles. The molecule has 0 unspecified atom stereocenters. The maximum Gasteiger partial charge on any atom is 0.233 e. The first-order chi connectivity index (χ1) is 15.4. The summed E-state index contributed by atoms with van der Waals surface area (Å²) in [7, 11) is 0. The summed E-state index contributed by atoms with van der Waals surface area (Å²) >= 11 is 1.35. The molecule has 0 saturated carbocycles. The van der Waals surface area contributed by atoms with Gasteiger partial charge in [0.15, 0.2) is 16.7 Å². The SMILES string of the molecule is Cc1ccc(-n2cnnc2SCC(=O)N2CCC(Oc3ccc(F)cc3F)CC2)cc1C. The third-order valence-electron chi connectivity index (χ3n) is 5.59. The minimum atomic E-state index is -0.715. The number of benzene rings is 2. The number of thioether (sulfide) groups is 1. The number of aromatic nitrogens is 3. The van der Waals surface area contributed by atoms with Gasteiger partial charge in [0.2, 0.25) is 5.91 Å². The van der Waals surface area contributed by atoms with Gasteiger partial charge in [0.05, 0.1) is 5.75 Å². The molecule has 32 heavy (non-hydrogen) atoms. The van der Waals surface area contributed by atoms with Gasteiger partial charge in [-0.3, -0.25) is 9.36 Å². The lowest BCUT2D eigenvalue weighted by molar-refractivity contribution is -0.130. The monoisotopic (exact) mass is 458 g/mol. The summed E-state index contributed by atoms with van der Waals surface area (Å²) in [4.78, 5) is 14.5. The van der Waals surface area contributed by atoms with Crippen molar-refractivity contribution in [3.63, 3.8) is 0 Å². The van der Waals surface area contributed by atoms with Crippen molar-refractivity contribution in [1.29, 1.82) is 0 Å². The minimum absolute atomic E-state index is 0.0102. The van der Waals surface area contributed by atoms with E-state index in [2.05, 4.69) is 30.1 Å². The number of carbonyl (C=O) groups is 1. The molecule has 1 aliphatic rings. The van der Waals surface area contributed by atoms with Gasteiger partial charge in [-0.25, -0.2) is 8.78 Å². The second kappa shape index (κ2) is 9.68. The molecular weight excluding hydrogens is 434 g/mol. The number of likely N-dealkylation sites (tertiary alicyclic amines) is 1. The fraction of sp³-hybridized carbons (Fsp3) is 0.348. The van der Waals surface area contributed by atoms with E-state index in [1.54, 1.807) is 11.2 Å². The van der Waals surface area contributed by atoms with Gasteiger partial charge in [-0.1, -0.05) is 17.8 Å². The molecule has 1 amide bonds. The Kier molecular flexibility index (Phi) is 6.74. The van der Waals surface area contributed by atoms with E-state index in [1.807, 2.05) is 16.7 Å². The summed E-state index contributed by atoms with van der Waals surface area (Å²) in [6.07, 6.45) is 2.62. The van der Waals surface area contributed by atoms with E-state index in [-0.39, 0.29) is 23.5 Å². The molecule has 1 aliphatic heterocycles. The molecule has 168 valence electrons. The Morgan fingerprint density at radius 3 is 2.62 bits per heavy atom. The zero-order valence-corrected chi connectivity index (χ0v) is 18.7. The third-order valence-corrected chi connectivity index (χ3v) is 6.52. The van der Waals surface area contributed by atoms with Crippen LogP contribution in [0.1, 0.15) is 24.0 Å². The second-order valence-corrected chi connectivity index (χ2v) is 8.76. The average Bonchev–Trinajstić information content (AvgIpc) is 3.25. The molecule has 1 aromatic heterocycles. The van der Waals surface area contributed by atoms with Gasteiger partial charge in [0, 0.05) is 37.7 Å². The lowest BCUT2D eigenvalue weighted by Crippen LogP contribution is -2.42. The number of carbonyl (C=O) groups excluding carboxylic acids is 1. The van der Waals surface area contributed by atoms with Gasteiger partial charge in [0.1, 0.15) is 18.2 Å². The summed E-state index contributed by atoms with van der Waals surface area (Å²) in [5, 5.41) is 8.82. The number of ether oxygens (including phenoxy) is 1. The summed E-state index contributed by atoms with van der Waals surface area (Å²) in [5.74, 6) is -1.05. The highest BCUT2D eigenvalue weighted by atomic mass is 32.2. The van der Waals surface area contributed by atoms with Crippen LogP contribution in [0.2, 0.25) is 0 Å². The highest BCUT2D eigenvalue weighted by molar-refractivity contribution is 7.99. The molecule has 2 aromatic carbocycles. The molecule has 0 spiro atoms. The van der Waals surface area contributed by atoms with Gasteiger partial charge in [-0.15, -0.1) is 10.2 Å². The van der Waals surface area contributed by atoms with Crippen LogP contribution in [0.5, 0.6) is 5.75 Å². The fourth-order valence-corrected chi connectivity index (χ4v) is 4.40. The Balaban J connectivity index is 1.30. The van der Waals surface area contributed by atoms with Gasteiger partial charge in [0.25, 0.3) is 0 Å². The van der Waals surface area contributed by atoms with E-state index in [4.69, 9.17) is 4.74 Å². The molecular formula is C23H24F2N4O2S. The Morgan fingerprint density at radius 2 is 1.91 bits per heavy atom. The van der Waals surface area contributed by atoms with Crippen LogP contribution in [0, 0.1) is 25.5 Å². The zero-order valence-electron chi connectivity index (χ0n) is 17.9. The predicted octanol–water partition coefficient (Wildman–Crippen LogP) is 4.32. The van der Waals surface area contributed by atoms with Crippen LogP contribution >= 0.6 is 11.8 Å². The Labute approximate surface area is 189 Å². The van der Waals surface area contributed by atoms with Crippen molar-refractivity contribution in [2.24, 2.45) is 0 Å². The molecule has 0 bridgehead atoms. The normalized spacial score (nSPS) is 14.6. The molecule has 1 saturated heterocycles. The molecule has 0 radical (unpaired) electrons. The molecule has 1 fully saturated rings. The maximum absolute atomic E-state index is 13.8. The maximum atomic E-state index is 13.8. The summed E-state index contributed by atoms with van der Waals surface area (Å²) in [5.41, 5.74) is 3.34. The van der Waals surface area contributed by atoms with E-state index in [0.29, 0.717) is 31.1 Å². The van der Waals surface area contributed by atoms with Crippen LogP contribution in [-0.2, 0) is 4.79 Å². The number of hydrogen-bond donors (Lipinski definition) is 0. The number of nitrogens with zero attached hydrogens (tertiary/aromatic N) is 4. The molecule has 0 aliphatic carbocycles. The van der Waals surface area contributed by atoms with Gasteiger partial charge in [-0.2, -0.15) is 0 Å². The van der Waals surface area contributed by atoms with E-state index >= 15 is 0 Å². The molecule has 9 heteroatoms. The summed E-state index contributed by atoms with van der Waals surface area (Å²) in [6, 6.07) is 9.40. The van der Waals surface area contributed by atoms with Crippen LogP contribution in [0.4, 0.5) is 8.78 Å². The first-order valence-electron chi connectivity index (χ1n) is 10.4. The van der Waals surface area contributed by atoms with Gasteiger partial charge >= 0.3 is 0 Å². The van der Waals surface area contributed by atoms with E-state index in [0.717, 1.165) is 11.8 Å². The fourth-order valence-electron chi connectivity index (χ4n) is 3.57. The van der Waals surface area contributed by atoms with Crippen LogP contribution in [-0.4, -0.2) is 50.5 Å². The Hall–Kier alpha value is -2.94. The first-order valence-corrected chi connectivity index (χ1v) is 11.4. The standard InChI is InChI=1S/C23H24F2N4O2S/c1-15-3-5-18(11-16(15)2)29-14-26-27-23(29)32-13-22(30)28-9-7-19(8-10-28)31-21-6-4-17(24)12-20(21)25/h3-6,11-12,14,19H,7-10,13H2,1-2H3. The topological polar surface area (TPSA) is 60.2 Å². The minimum Gasteiger partial charge on any atom is -0.487 e. The lowest BCUT2D eigenvalue weighted by atomic mass is 10.1. The third kappa shape index (κ3) is 5.09. The van der Waals surface area contributed by atoms with Crippen LogP contribution in [0.25, 0.3) is 5.69 Å². The van der Waals surface area contributed by atoms with Gasteiger partial charge in [-0.05, 0) is 49.2 Å². The zero-order chi connectivity index (χ0) is 22.7. The summed E-state index contributed by atoms with van der Waals surface area (Å²) in [6.45, 7) is 5.16. The number of rotatable bonds is 6. The highest BCUT2D eigenvalue weighted by Gasteiger charge is 2.25. The largest absolute Gasteiger partial charge is 0.487 e. The highest BCUT2D eigenvalue weighted by Crippen LogP contribution is 2.25. The van der Waals surface area contributed by atoms with E-state index in [1.165, 1.54) is 35.0 Å². The van der Waals surface area contributed by atoms with Gasteiger partial charge < -0.3 is 9.64 Å². The average molecular weight is 459 g/mol. The smallest absolute Gasteiger partial charge is 0.233 e. The lowest BCUT2D eigenvalue weighted by Gasteiger charge is -2.32. The molecule has 0 N–H and O–H groups in total. The van der Waals surface area contributed by atoms with Crippen molar-refractivity contribution in [2.75, 3.05) is 18.8 Å². The van der Waals surface area contributed by atoms with Crippen molar-refractivity contribution in [3.8, 4) is 11.4 Å². The predicted molar refractivity (Wildman–Crippen MR) is 118 cm³/mol. The quantitative estimate of drug-likeness (QED) is 0.515. The number of amides is 1. The number of aryl methyl sites for hydroxylation is 2. The first kappa shape index (κ1) is 22.3. The van der Waals surface area contributed by atoms with E-state index in [9.17, 15) is 13.6 Å². The molecule has 0 atom stereocenters. The van der Waals surface area contributed by atoms with Crippen molar-refractivity contribution in [1.82, 2.24) is 19.7 Å². The van der Waals surface area contributed by atoms with Crippen LogP contribution < -0.4 is 4.74 Å². The van der Waals surface area contributed by atoms with Crippen molar-refractivity contribution < 1.29 is 18.3 Å². The molecule has 4 rings (SSSR count). The number of piperidine rings is 1. The van der Waals surface area contributed by atoms with Crippen LogP contribution in [0.15, 0.2) is 47.9 Å². The van der Waals surface area contributed by atoms with Crippen molar-refractivity contribution >= 4 is 17.7 Å². The molecule has 3 aromatic rings. The number of hydrogen-bond acceptors (Lipinski definition) is 5. The summed E-state index contributed by atoms with van der Waals surface area (Å²) < 4.78 is 34.4. The Morgan fingerprint density at radius 1 is 1.12 bits per heavy atom.